The molecule has 1 amide bonds. The van der Waals surface area contributed by atoms with Gasteiger partial charge in [-0.3, -0.25) is 14.5 Å². The summed E-state index contributed by atoms with van der Waals surface area (Å²) in [6, 6.07) is 37.6. The molecule has 4 aromatic rings. The van der Waals surface area contributed by atoms with Gasteiger partial charge >= 0.3 is 5.97 Å². The first-order valence-corrected chi connectivity index (χ1v) is 19.6. The van der Waals surface area contributed by atoms with Gasteiger partial charge in [0.1, 0.15) is 10.9 Å². The second kappa shape index (κ2) is 14.4. The predicted molar refractivity (Wildman–Crippen MR) is 222 cm³/mol. The van der Waals surface area contributed by atoms with Gasteiger partial charge in [0.15, 0.2) is 0 Å². The highest BCUT2D eigenvalue weighted by Gasteiger charge is 2.42. The third-order valence-corrected chi connectivity index (χ3v) is 12.3. The molecule has 1 saturated heterocycles. The van der Waals surface area contributed by atoms with E-state index in [1.807, 2.05) is 0 Å². The molecule has 4 aliphatic rings. The van der Waals surface area contributed by atoms with Crippen LogP contribution in [0.2, 0.25) is 0 Å². The fourth-order valence-electron chi connectivity index (χ4n) is 8.56. The highest BCUT2D eigenvalue weighted by molar-refractivity contribution is 8.26. The van der Waals surface area contributed by atoms with E-state index >= 15 is 0 Å². The molecule has 2 aliphatic heterocycles. The number of benzene rings is 4. The number of hydrogen-bond acceptors (Lipinski definition) is 5. The number of anilines is 2. The summed E-state index contributed by atoms with van der Waals surface area (Å²) < 4.78 is 0.305. The lowest BCUT2D eigenvalue weighted by molar-refractivity contribution is -0.140. The summed E-state index contributed by atoms with van der Waals surface area (Å²) >= 11 is 6.60. The minimum Gasteiger partial charge on any atom is -0.480 e. The number of carboxylic acids is 1. The number of fused-ring (bicyclic) bond motifs is 3. The topological polar surface area (TPSA) is 60.9 Å². The fourth-order valence-corrected chi connectivity index (χ4v) is 9.85. The van der Waals surface area contributed by atoms with E-state index in [1.165, 1.54) is 80.7 Å². The summed E-state index contributed by atoms with van der Waals surface area (Å²) in [5.41, 5.74) is 12.0. The Bertz CT molecular complexity index is 2180. The summed E-state index contributed by atoms with van der Waals surface area (Å²) in [4.78, 5) is 28.9. The third kappa shape index (κ3) is 7.20. The zero-order valence-corrected chi connectivity index (χ0v) is 31.6. The smallest absolute Gasteiger partial charge is 0.323 e. The number of carbonyl (C=O) groups excluding carboxylic acids is 1. The van der Waals surface area contributed by atoms with Crippen molar-refractivity contribution in [3.05, 3.63) is 159 Å². The van der Waals surface area contributed by atoms with Crippen LogP contribution >= 0.6 is 24.0 Å². The molecule has 53 heavy (non-hydrogen) atoms. The van der Waals surface area contributed by atoms with Crippen molar-refractivity contribution in [1.82, 2.24) is 4.90 Å². The van der Waals surface area contributed by atoms with Gasteiger partial charge in [-0.25, -0.2) is 0 Å². The summed E-state index contributed by atoms with van der Waals surface area (Å²) in [6.07, 6.45) is 14.0. The van der Waals surface area contributed by atoms with E-state index in [0.29, 0.717) is 21.2 Å². The Morgan fingerprint density at radius 1 is 0.887 bits per heavy atom. The van der Waals surface area contributed by atoms with Crippen LogP contribution in [0.3, 0.4) is 0 Å². The quantitative estimate of drug-likeness (QED) is 0.110. The molecule has 7 heteroatoms. The van der Waals surface area contributed by atoms with Crippen molar-refractivity contribution in [1.29, 1.82) is 0 Å². The molecule has 2 unspecified atom stereocenters. The molecular weight excluding hydrogens is 693 g/mol. The zero-order valence-electron chi connectivity index (χ0n) is 30.0. The molecule has 2 aliphatic carbocycles. The van der Waals surface area contributed by atoms with Crippen molar-refractivity contribution < 1.29 is 14.7 Å². The molecule has 0 spiro atoms. The second-order valence-electron chi connectivity index (χ2n) is 15.3. The van der Waals surface area contributed by atoms with Gasteiger partial charge < -0.3 is 10.0 Å². The summed E-state index contributed by atoms with van der Waals surface area (Å²) in [5, 5.41) is 9.29. The number of carboxylic acid groups (broad SMARTS) is 1. The van der Waals surface area contributed by atoms with Crippen LogP contribution in [-0.2, 0) is 9.59 Å². The van der Waals surface area contributed by atoms with Gasteiger partial charge in [-0.1, -0.05) is 141 Å². The van der Waals surface area contributed by atoms with Crippen LogP contribution in [0.1, 0.15) is 79.7 Å². The average molecular weight is 735 g/mol. The Morgan fingerprint density at radius 3 is 2.25 bits per heavy atom. The number of rotatable bonds is 8. The van der Waals surface area contributed by atoms with Crippen LogP contribution in [0, 0.1) is 5.41 Å². The van der Waals surface area contributed by atoms with Gasteiger partial charge in [-0.2, -0.15) is 0 Å². The van der Waals surface area contributed by atoms with Gasteiger partial charge in [-0.15, -0.1) is 0 Å². The maximum absolute atomic E-state index is 13.2. The standard InChI is InChI=1S/C46H42N2O3S2/c1-46(2)27-32(24-35(28-46)43-44(51)47(29-42(49)50)45(52)53-43)17-16-30-20-23-41-39(26-30)37-14-9-15-40(37)48(41)36-21-18-31(19-22-36)25-38(33-10-5-3-6-11-33)34-12-7-4-8-13-34/h3-8,10-13,16-26,37,40H,9,14-15,27-29H2,1-2H3,(H,49,50)/b17-16+,43-35-. The van der Waals surface area contributed by atoms with E-state index in [0.717, 1.165) is 24.0 Å². The first kappa shape index (κ1) is 35.1. The molecule has 0 radical (unpaired) electrons. The summed E-state index contributed by atoms with van der Waals surface area (Å²) in [5.74, 6) is -0.869. The minimum absolute atomic E-state index is 0.0507. The van der Waals surface area contributed by atoms with Crippen molar-refractivity contribution in [3.8, 4) is 0 Å². The Hall–Kier alpha value is -4.98. The average Bonchev–Trinajstić information content (AvgIpc) is 3.83. The van der Waals surface area contributed by atoms with E-state index in [4.69, 9.17) is 12.2 Å². The summed E-state index contributed by atoms with van der Waals surface area (Å²) in [7, 11) is 0. The number of thioether (sulfide) groups is 1. The molecule has 2 fully saturated rings. The molecule has 5 nitrogen and oxygen atoms in total. The van der Waals surface area contributed by atoms with Gasteiger partial charge in [0.05, 0.1) is 4.91 Å². The lowest BCUT2D eigenvalue weighted by atomic mass is 9.75. The van der Waals surface area contributed by atoms with E-state index in [1.54, 1.807) is 0 Å². The lowest BCUT2D eigenvalue weighted by Crippen LogP contribution is -2.33. The largest absolute Gasteiger partial charge is 0.480 e. The van der Waals surface area contributed by atoms with Crippen LogP contribution in [-0.4, -0.2) is 38.8 Å². The number of amides is 1. The van der Waals surface area contributed by atoms with Crippen molar-refractivity contribution in [2.75, 3.05) is 11.4 Å². The molecule has 0 bridgehead atoms. The molecular formula is C46H42N2O3S2. The van der Waals surface area contributed by atoms with E-state index in [9.17, 15) is 14.7 Å². The molecule has 2 atom stereocenters. The van der Waals surface area contributed by atoms with Crippen LogP contribution < -0.4 is 4.90 Å². The minimum atomic E-state index is -1.07. The monoisotopic (exact) mass is 734 g/mol. The maximum atomic E-state index is 13.2. The Balaban J connectivity index is 1.06. The van der Waals surface area contributed by atoms with Gasteiger partial charge in [-0.05, 0) is 106 Å². The van der Waals surface area contributed by atoms with Crippen molar-refractivity contribution in [2.45, 2.75) is 57.9 Å². The molecule has 0 aromatic heterocycles. The molecule has 8 rings (SSSR count). The SMILES string of the molecule is CC1(C)CC(/C=C/c2ccc3c(c2)C2CCCC2N3c2ccc(C=C(c3ccccc3)c3ccccc3)cc2)=CC(=C2/SC(=S)N(CC(=O)O)C2=O)/C1. The number of carbonyl (C=O) groups is 2. The predicted octanol–water partition coefficient (Wildman–Crippen LogP) is 11.0. The molecule has 2 heterocycles. The highest BCUT2D eigenvalue weighted by Crippen LogP contribution is 2.52. The lowest BCUT2D eigenvalue weighted by Gasteiger charge is -2.31. The van der Waals surface area contributed by atoms with Crippen molar-refractivity contribution >= 4 is 69.3 Å². The fraction of sp³-hybridized carbons (Fsp3) is 0.239. The van der Waals surface area contributed by atoms with Crippen LogP contribution in [0.15, 0.2) is 131 Å². The zero-order chi connectivity index (χ0) is 36.7. The number of aliphatic carboxylic acids is 1. The number of hydrogen-bond donors (Lipinski definition) is 1. The van der Waals surface area contributed by atoms with E-state index in [2.05, 4.69) is 146 Å². The number of nitrogens with zero attached hydrogens (tertiary/aromatic N) is 2. The number of thiocarbonyl (C=S) groups is 1. The third-order valence-electron chi connectivity index (χ3n) is 10.8. The molecule has 1 N–H and O–H groups in total. The molecule has 266 valence electrons. The van der Waals surface area contributed by atoms with Crippen LogP contribution in [0.4, 0.5) is 11.4 Å². The van der Waals surface area contributed by atoms with Gasteiger partial charge in [0.25, 0.3) is 5.91 Å². The normalized spacial score (nSPS) is 21.9. The highest BCUT2D eigenvalue weighted by atomic mass is 32.2. The Labute approximate surface area is 321 Å². The van der Waals surface area contributed by atoms with E-state index < -0.39 is 12.5 Å². The van der Waals surface area contributed by atoms with Crippen molar-refractivity contribution in [3.63, 3.8) is 0 Å². The maximum Gasteiger partial charge on any atom is 0.323 e. The first-order chi connectivity index (χ1) is 25.6. The van der Waals surface area contributed by atoms with Crippen LogP contribution in [0.25, 0.3) is 17.7 Å². The second-order valence-corrected chi connectivity index (χ2v) is 16.9. The summed E-state index contributed by atoms with van der Waals surface area (Å²) in [6.45, 7) is 4.01. The number of allylic oxidation sites excluding steroid dienone is 4. The first-order valence-electron chi connectivity index (χ1n) is 18.4. The van der Waals surface area contributed by atoms with Gasteiger partial charge in [0.2, 0.25) is 0 Å². The van der Waals surface area contributed by atoms with Gasteiger partial charge in [0, 0.05) is 23.3 Å². The van der Waals surface area contributed by atoms with Crippen LogP contribution in [0.5, 0.6) is 0 Å². The molecule has 4 aromatic carbocycles. The molecule has 1 saturated carbocycles. The Kier molecular flexibility index (Phi) is 9.56. The van der Waals surface area contributed by atoms with E-state index in [-0.39, 0.29) is 11.3 Å². The Morgan fingerprint density at radius 2 is 1.57 bits per heavy atom. The van der Waals surface area contributed by atoms with Crippen molar-refractivity contribution in [2.24, 2.45) is 5.41 Å².